The number of nitrogens with two attached hydrogens (primary N) is 1. The quantitative estimate of drug-likeness (QED) is 0.850. The van der Waals surface area contributed by atoms with Gasteiger partial charge in [0.15, 0.2) is 0 Å². The minimum absolute atomic E-state index is 0.240. The summed E-state index contributed by atoms with van der Waals surface area (Å²) < 4.78 is 13.7. The number of carbonyl (C=O) groups excluding carboxylic acids is 1. The molecule has 0 bridgehead atoms. The number of nitrogens with one attached hydrogen (secondary N) is 1. The zero-order valence-corrected chi connectivity index (χ0v) is 13.4. The highest BCUT2D eigenvalue weighted by Crippen LogP contribution is 2.13. The number of carbonyl (C=O) groups is 1. The van der Waals surface area contributed by atoms with Crippen LogP contribution in [0.3, 0.4) is 0 Å². The highest BCUT2D eigenvalue weighted by Gasteiger charge is 2.11. The molecule has 0 saturated carbocycles. The molecule has 1 aromatic carbocycles. The molecule has 0 aliphatic heterocycles. The molecule has 1 aromatic heterocycles. The van der Waals surface area contributed by atoms with Crippen molar-refractivity contribution < 1.29 is 9.18 Å². The molecule has 2 aromatic rings. The summed E-state index contributed by atoms with van der Waals surface area (Å²) in [5.74, 6) is -0.495. The van der Waals surface area contributed by atoms with Crippen LogP contribution >= 0.6 is 11.3 Å². The van der Waals surface area contributed by atoms with Gasteiger partial charge in [-0.15, -0.1) is 11.3 Å². The number of aromatic nitrogens is 1. The molecular weight excluding hydrogens is 303 g/mol. The van der Waals surface area contributed by atoms with E-state index >= 15 is 0 Å². The molecule has 1 amide bonds. The third kappa shape index (κ3) is 4.33. The SMILES string of the molecule is CN(C)Cc1cc(CNC(=O)c2csc(CN)n2)ccc1F. The standard InChI is InChI=1S/C15H19FN4OS/c1-20(2)8-11-5-10(3-4-12(11)16)7-18-15(21)13-9-22-14(6-17)19-13/h3-5,9H,6-8,17H2,1-2H3,(H,18,21). The fourth-order valence-corrected chi connectivity index (χ4v) is 2.64. The van der Waals surface area contributed by atoms with Gasteiger partial charge in [0.25, 0.3) is 5.91 Å². The smallest absolute Gasteiger partial charge is 0.271 e. The minimum Gasteiger partial charge on any atom is -0.347 e. The molecular formula is C15H19FN4OS. The molecule has 0 fully saturated rings. The number of rotatable bonds is 6. The van der Waals surface area contributed by atoms with Crippen molar-refractivity contribution in [2.45, 2.75) is 19.6 Å². The zero-order valence-electron chi connectivity index (χ0n) is 12.6. The third-order valence-corrected chi connectivity index (χ3v) is 3.88. The molecule has 5 nitrogen and oxygen atoms in total. The molecule has 0 aliphatic carbocycles. The predicted octanol–water partition coefficient (Wildman–Crippen LogP) is 1.73. The van der Waals surface area contributed by atoms with Gasteiger partial charge in [0.2, 0.25) is 0 Å². The number of nitrogens with zero attached hydrogens (tertiary/aromatic N) is 2. The van der Waals surface area contributed by atoms with Crippen LogP contribution in [0.2, 0.25) is 0 Å². The van der Waals surface area contributed by atoms with Gasteiger partial charge in [0, 0.05) is 30.6 Å². The first-order valence-electron chi connectivity index (χ1n) is 6.84. The van der Waals surface area contributed by atoms with Crippen molar-refractivity contribution in [1.82, 2.24) is 15.2 Å². The van der Waals surface area contributed by atoms with Gasteiger partial charge in [-0.3, -0.25) is 4.79 Å². The Bertz CT molecular complexity index is 657. The summed E-state index contributed by atoms with van der Waals surface area (Å²) in [6, 6.07) is 4.86. The van der Waals surface area contributed by atoms with E-state index in [4.69, 9.17) is 5.73 Å². The molecule has 1 heterocycles. The maximum atomic E-state index is 13.7. The minimum atomic E-state index is -0.255. The molecule has 0 aliphatic rings. The number of amides is 1. The maximum absolute atomic E-state index is 13.7. The van der Waals surface area contributed by atoms with Crippen LogP contribution in [-0.2, 0) is 19.6 Å². The van der Waals surface area contributed by atoms with Gasteiger partial charge in [-0.2, -0.15) is 0 Å². The number of thiazole rings is 1. The van der Waals surface area contributed by atoms with Crippen LogP contribution < -0.4 is 11.1 Å². The Kier molecular flexibility index (Phi) is 5.59. The van der Waals surface area contributed by atoms with Gasteiger partial charge in [-0.25, -0.2) is 9.37 Å². The van der Waals surface area contributed by atoms with Crippen LogP contribution in [0.5, 0.6) is 0 Å². The maximum Gasteiger partial charge on any atom is 0.271 e. The van der Waals surface area contributed by atoms with E-state index in [9.17, 15) is 9.18 Å². The van der Waals surface area contributed by atoms with Crippen LogP contribution in [0.25, 0.3) is 0 Å². The van der Waals surface area contributed by atoms with E-state index in [0.29, 0.717) is 30.9 Å². The summed E-state index contributed by atoms with van der Waals surface area (Å²) in [5.41, 5.74) is 7.29. The molecule has 0 atom stereocenters. The van der Waals surface area contributed by atoms with Gasteiger partial charge in [-0.05, 0) is 31.8 Å². The van der Waals surface area contributed by atoms with E-state index in [1.807, 2.05) is 19.0 Å². The number of halogens is 1. The van der Waals surface area contributed by atoms with Gasteiger partial charge in [0.1, 0.15) is 16.5 Å². The molecule has 0 saturated heterocycles. The fraction of sp³-hybridized carbons (Fsp3) is 0.333. The molecule has 3 N–H and O–H groups in total. The lowest BCUT2D eigenvalue weighted by Crippen LogP contribution is -2.23. The van der Waals surface area contributed by atoms with E-state index in [1.54, 1.807) is 17.5 Å². The van der Waals surface area contributed by atoms with Crippen molar-refractivity contribution in [3.05, 3.63) is 51.2 Å². The van der Waals surface area contributed by atoms with Crippen molar-refractivity contribution in [3.63, 3.8) is 0 Å². The first-order chi connectivity index (χ1) is 10.5. The average molecular weight is 322 g/mol. The number of hydrogen-bond donors (Lipinski definition) is 2. The second-order valence-corrected chi connectivity index (χ2v) is 6.12. The zero-order chi connectivity index (χ0) is 16.1. The molecule has 0 spiro atoms. The van der Waals surface area contributed by atoms with Gasteiger partial charge < -0.3 is 16.0 Å². The summed E-state index contributed by atoms with van der Waals surface area (Å²) >= 11 is 1.36. The molecule has 2 rings (SSSR count). The van der Waals surface area contributed by atoms with Crippen LogP contribution in [0, 0.1) is 5.82 Å². The lowest BCUT2D eigenvalue weighted by molar-refractivity contribution is 0.0946. The Morgan fingerprint density at radius 1 is 1.45 bits per heavy atom. The Hall–Kier alpha value is -1.83. The lowest BCUT2D eigenvalue weighted by atomic mass is 10.1. The van der Waals surface area contributed by atoms with E-state index < -0.39 is 0 Å². The first kappa shape index (κ1) is 16.5. The second-order valence-electron chi connectivity index (χ2n) is 5.18. The van der Waals surface area contributed by atoms with Crippen molar-refractivity contribution in [2.75, 3.05) is 14.1 Å². The Labute approximate surface area is 133 Å². The largest absolute Gasteiger partial charge is 0.347 e. The summed E-state index contributed by atoms with van der Waals surface area (Å²) in [5, 5.41) is 5.18. The van der Waals surface area contributed by atoms with Crippen molar-refractivity contribution in [2.24, 2.45) is 5.73 Å². The van der Waals surface area contributed by atoms with Gasteiger partial charge in [-0.1, -0.05) is 6.07 Å². The fourth-order valence-electron chi connectivity index (χ4n) is 1.98. The van der Waals surface area contributed by atoms with Crippen LogP contribution in [0.4, 0.5) is 4.39 Å². The topological polar surface area (TPSA) is 71.2 Å². The molecule has 22 heavy (non-hydrogen) atoms. The van der Waals surface area contributed by atoms with Crippen molar-refractivity contribution in [3.8, 4) is 0 Å². The van der Waals surface area contributed by atoms with Crippen LogP contribution in [0.1, 0.15) is 26.6 Å². The molecule has 0 unspecified atom stereocenters. The van der Waals surface area contributed by atoms with Gasteiger partial charge in [0.05, 0.1) is 0 Å². The summed E-state index contributed by atoms with van der Waals surface area (Å²) in [6.07, 6.45) is 0. The van der Waals surface area contributed by atoms with E-state index in [2.05, 4.69) is 10.3 Å². The molecule has 118 valence electrons. The van der Waals surface area contributed by atoms with Gasteiger partial charge >= 0.3 is 0 Å². The highest BCUT2D eigenvalue weighted by atomic mass is 32.1. The third-order valence-electron chi connectivity index (χ3n) is 3.01. The summed E-state index contributed by atoms with van der Waals surface area (Å²) in [4.78, 5) is 18.0. The Morgan fingerprint density at radius 2 is 2.23 bits per heavy atom. The van der Waals surface area contributed by atoms with E-state index in [-0.39, 0.29) is 11.7 Å². The number of benzene rings is 1. The monoisotopic (exact) mass is 322 g/mol. The van der Waals surface area contributed by atoms with Crippen molar-refractivity contribution >= 4 is 17.2 Å². The molecule has 0 radical (unpaired) electrons. The van der Waals surface area contributed by atoms with Crippen molar-refractivity contribution in [1.29, 1.82) is 0 Å². The first-order valence-corrected chi connectivity index (χ1v) is 7.72. The number of hydrogen-bond acceptors (Lipinski definition) is 5. The summed E-state index contributed by atoms with van der Waals surface area (Å²) in [6.45, 7) is 1.17. The summed E-state index contributed by atoms with van der Waals surface area (Å²) in [7, 11) is 3.76. The second kappa shape index (κ2) is 7.44. The Morgan fingerprint density at radius 3 is 2.86 bits per heavy atom. The van der Waals surface area contributed by atoms with Crippen LogP contribution in [0.15, 0.2) is 23.6 Å². The predicted molar refractivity (Wildman–Crippen MR) is 85.0 cm³/mol. The van der Waals surface area contributed by atoms with E-state index in [0.717, 1.165) is 10.6 Å². The molecule has 7 heteroatoms. The lowest BCUT2D eigenvalue weighted by Gasteiger charge is -2.12. The average Bonchev–Trinajstić information content (AvgIpc) is 2.96. The highest BCUT2D eigenvalue weighted by molar-refractivity contribution is 7.09. The normalized spacial score (nSPS) is 11.0. The van der Waals surface area contributed by atoms with E-state index in [1.165, 1.54) is 17.4 Å². The van der Waals surface area contributed by atoms with Crippen LogP contribution in [-0.4, -0.2) is 29.9 Å². The Balaban J connectivity index is 2.00.